The molecule has 2 rings (SSSR count). The summed E-state index contributed by atoms with van der Waals surface area (Å²) in [6.07, 6.45) is 0. The van der Waals surface area contributed by atoms with E-state index in [9.17, 15) is 0 Å². The summed E-state index contributed by atoms with van der Waals surface area (Å²) >= 11 is 5.96. The molecule has 0 radical (unpaired) electrons. The van der Waals surface area contributed by atoms with E-state index in [4.69, 9.17) is 16.9 Å². The number of hydrogen-bond donors (Lipinski definition) is 2. The number of guanidine groups is 1. The van der Waals surface area contributed by atoms with Gasteiger partial charge in [0.2, 0.25) is 0 Å². The minimum atomic E-state index is 0.602. The molecule has 22 heavy (non-hydrogen) atoms. The molecule has 0 unspecified atom stereocenters. The van der Waals surface area contributed by atoms with E-state index in [1.807, 2.05) is 42.5 Å². The highest BCUT2D eigenvalue weighted by atomic mass is 35.5. The maximum absolute atomic E-state index is 8.90. The van der Waals surface area contributed by atoms with E-state index in [1.54, 1.807) is 13.1 Å². The van der Waals surface area contributed by atoms with E-state index < -0.39 is 0 Å². The van der Waals surface area contributed by atoms with Crippen molar-refractivity contribution >= 4 is 17.6 Å². The van der Waals surface area contributed by atoms with Gasteiger partial charge in [0.25, 0.3) is 0 Å². The third-order valence-electron chi connectivity index (χ3n) is 3.09. The lowest BCUT2D eigenvalue weighted by molar-refractivity contribution is 0.809. The predicted octanol–water partition coefficient (Wildman–Crippen LogP) is 3.08. The summed E-state index contributed by atoms with van der Waals surface area (Å²) in [6, 6.07) is 17.3. The van der Waals surface area contributed by atoms with Crippen LogP contribution in [0.3, 0.4) is 0 Å². The topological polar surface area (TPSA) is 60.2 Å². The predicted molar refractivity (Wildman–Crippen MR) is 89.6 cm³/mol. The molecule has 0 saturated carbocycles. The molecule has 2 aromatic rings. The maximum Gasteiger partial charge on any atom is 0.191 e. The summed E-state index contributed by atoms with van der Waals surface area (Å²) in [5.41, 5.74) is 2.77. The number of aliphatic imine (C=N–C) groups is 1. The molecule has 0 aliphatic heterocycles. The highest BCUT2D eigenvalue weighted by molar-refractivity contribution is 6.30. The molecule has 5 heteroatoms. The van der Waals surface area contributed by atoms with Crippen LogP contribution in [0.5, 0.6) is 0 Å². The van der Waals surface area contributed by atoms with Crippen LogP contribution >= 0.6 is 11.6 Å². The van der Waals surface area contributed by atoms with Crippen LogP contribution in [0.25, 0.3) is 0 Å². The van der Waals surface area contributed by atoms with E-state index in [-0.39, 0.29) is 0 Å². The highest BCUT2D eigenvalue weighted by Crippen LogP contribution is 2.10. The van der Waals surface area contributed by atoms with E-state index in [0.29, 0.717) is 24.6 Å². The van der Waals surface area contributed by atoms with Crippen molar-refractivity contribution in [3.8, 4) is 6.07 Å². The van der Waals surface area contributed by atoms with Crippen LogP contribution in [0.2, 0.25) is 5.02 Å². The monoisotopic (exact) mass is 312 g/mol. The molecule has 0 amide bonds. The van der Waals surface area contributed by atoms with Crippen molar-refractivity contribution < 1.29 is 0 Å². The van der Waals surface area contributed by atoms with Gasteiger partial charge in [0.05, 0.1) is 11.6 Å². The minimum Gasteiger partial charge on any atom is -0.352 e. The van der Waals surface area contributed by atoms with Gasteiger partial charge in [0, 0.05) is 25.2 Å². The van der Waals surface area contributed by atoms with Gasteiger partial charge in [0.1, 0.15) is 0 Å². The molecular weight excluding hydrogens is 296 g/mol. The molecule has 2 aromatic carbocycles. The summed E-state index contributed by atoms with van der Waals surface area (Å²) in [5.74, 6) is 0.697. The number of nitrogens with one attached hydrogen (secondary N) is 2. The molecule has 4 nitrogen and oxygen atoms in total. The summed E-state index contributed by atoms with van der Waals surface area (Å²) in [7, 11) is 1.72. The number of nitrogens with zero attached hydrogens (tertiary/aromatic N) is 2. The molecule has 0 heterocycles. The number of benzene rings is 2. The van der Waals surface area contributed by atoms with Gasteiger partial charge in [-0.15, -0.1) is 0 Å². The Morgan fingerprint density at radius 1 is 1.09 bits per heavy atom. The number of halogens is 1. The quantitative estimate of drug-likeness (QED) is 0.674. The Morgan fingerprint density at radius 3 is 2.32 bits per heavy atom. The molecule has 0 aliphatic rings. The van der Waals surface area contributed by atoms with Gasteiger partial charge >= 0.3 is 0 Å². The molecule has 0 bridgehead atoms. The lowest BCUT2D eigenvalue weighted by Crippen LogP contribution is -2.36. The van der Waals surface area contributed by atoms with Crippen LogP contribution in [0, 0.1) is 11.3 Å². The fraction of sp³-hybridized carbons (Fsp3) is 0.176. The van der Waals surface area contributed by atoms with Crippen molar-refractivity contribution in [1.29, 1.82) is 5.26 Å². The molecule has 0 saturated heterocycles. The average Bonchev–Trinajstić information content (AvgIpc) is 2.55. The average molecular weight is 313 g/mol. The fourth-order valence-electron chi connectivity index (χ4n) is 1.99. The molecule has 2 N–H and O–H groups in total. The van der Waals surface area contributed by atoms with E-state index in [1.165, 1.54) is 0 Å². The Bertz CT molecular complexity index is 704. The highest BCUT2D eigenvalue weighted by Gasteiger charge is 2.00. The van der Waals surface area contributed by atoms with Gasteiger partial charge in [-0.3, -0.25) is 4.99 Å². The Kier molecular flexibility index (Phi) is 5.81. The van der Waals surface area contributed by atoms with Crippen LogP contribution in [0.4, 0.5) is 0 Å². The maximum atomic E-state index is 8.90. The number of nitriles is 1. The molecule has 0 atom stereocenters. The van der Waals surface area contributed by atoms with Gasteiger partial charge in [0.15, 0.2) is 5.96 Å². The Hall–Kier alpha value is -2.51. The lowest BCUT2D eigenvalue weighted by Gasteiger charge is -2.12. The van der Waals surface area contributed by atoms with E-state index >= 15 is 0 Å². The Balaban J connectivity index is 1.89. The van der Waals surface area contributed by atoms with Crippen molar-refractivity contribution in [1.82, 2.24) is 10.6 Å². The second kappa shape index (κ2) is 8.06. The SMILES string of the molecule is CN=C(NCc1cccc(Cl)c1)NCc1cccc(C#N)c1. The third-order valence-corrected chi connectivity index (χ3v) is 3.32. The molecule has 0 aliphatic carbocycles. The summed E-state index contributed by atoms with van der Waals surface area (Å²) in [5, 5.41) is 16.1. The number of rotatable bonds is 4. The van der Waals surface area contributed by atoms with Gasteiger partial charge < -0.3 is 10.6 Å². The molecule has 0 aromatic heterocycles. The lowest BCUT2D eigenvalue weighted by atomic mass is 10.1. The first-order valence-corrected chi connectivity index (χ1v) is 7.27. The normalized spacial score (nSPS) is 10.9. The van der Waals surface area contributed by atoms with Crippen molar-refractivity contribution in [3.05, 3.63) is 70.2 Å². The van der Waals surface area contributed by atoms with Gasteiger partial charge in [-0.1, -0.05) is 35.9 Å². The first-order valence-electron chi connectivity index (χ1n) is 6.89. The molecule has 0 spiro atoms. The Labute approximate surface area is 135 Å². The van der Waals surface area contributed by atoms with Crippen LogP contribution < -0.4 is 10.6 Å². The van der Waals surface area contributed by atoms with Crippen LogP contribution in [0.1, 0.15) is 16.7 Å². The van der Waals surface area contributed by atoms with Crippen molar-refractivity contribution in [2.24, 2.45) is 4.99 Å². The van der Waals surface area contributed by atoms with E-state index in [2.05, 4.69) is 21.7 Å². The van der Waals surface area contributed by atoms with Crippen molar-refractivity contribution in [3.63, 3.8) is 0 Å². The fourth-order valence-corrected chi connectivity index (χ4v) is 2.20. The third kappa shape index (κ3) is 4.80. The zero-order chi connectivity index (χ0) is 15.8. The van der Waals surface area contributed by atoms with Gasteiger partial charge in [-0.25, -0.2) is 0 Å². The number of hydrogen-bond acceptors (Lipinski definition) is 2. The van der Waals surface area contributed by atoms with E-state index in [0.717, 1.165) is 16.1 Å². The molecule has 0 fully saturated rings. The zero-order valence-corrected chi connectivity index (χ0v) is 13.1. The van der Waals surface area contributed by atoms with Gasteiger partial charge in [-0.2, -0.15) is 5.26 Å². The van der Waals surface area contributed by atoms with Gasteiger partial charge in [-0.05, 0) is 35.4 Å². The molecular formula is C17H17ClN4. The van der Waals surface area contributed by atoms with Crippen molar-refractivity contribution in [2.75, 3.05) is 7.05 Å². The molecule has 112 valence electrons. The summed E-state index contributed by atoms with van der Waals surface area (Å²) in [6.45, 7) is 1.24. The minimum absolute atomic E-state index is 0.602. The first kappa shape index (κ1) is 15.9. The largest absolute Gasteiger partial charge is 0.352 e. The first-order chi connectivity index (χ1) is 10.7. The van der Waals surface area contributed by atoms with Crippen LogP contribution in [-0.4, -0.2) is 13.0 Å². The standard InChI is InChI=1S/C17H17ClN4/c1-20-17(22-12-15-6-3-7-16(18)9-15)21-11-14-5-2-4-13(8-14)10-19/h2-9H,11-12H2,1H3,(H2,20,21,22). The zero-order valence-electron chi connectivity index (χ0n) is 12.3. The second-order valence-corrected chi connectivity index (χ2v) is 5.16. The Morgan fingerprint density at radius 2 is 1.73 bits per heavy atom. The van der Waals surface area contributed by atoms with Crippen LogP contribution in [0.15, 0.2) is 53.5 Å². The summed E-state index contributed by atoms with van der Waals surface area (Å²) in [4.78, 5) is 4.18. The van der Waals surface area contributed by atoms with Crippen molar-refractivity contribution in [2.45, 2.75) is 13.1 Å². The smallest absolute Gasteiger partial charge is 0.191 e. The van der Waals surface area contributed by atoms with Crippen LogP contribution in [-0.2, 0) is 13.1 Å². The second-order valence-electron chi connectivity index (χ2n) is 4.72. The summed E-state index contributed by atoms with van der Waals surface area (Å²) < 4.78 is 0.